The summed E-state index contributed by atoms with van der Waals surface area (Å²) in [4.78, 5) is 0. The van der Waals surface area contributed by atoms with Crippen LogP contribution in [0, 0.1) is 0 Å². The minimum Gasteiger partial charge on any atom is -0.0622 e. The Morgan fingerprint density at radius 3 is 2.14 bits per heavy atom. The zero-order valence-corrected chi connectivity index (χ0v) is 8.40. The van der Waals surface area contributed by atoms with E-state index in [0.717, 1.165) is 6.42 Å². The monoisotopic (exact) mass is 182 g/mol. The third-order valence-electron chi connectivity index (χ3n) is 2.48. The quantitative estimate of drug-likeness (QED) is 0.660. The van der Waals surface area contributed by atoms with Gasteiger partial charge in [-0.05, 0) is 23.1 Å². The molecule has 2 aromatic rings. The van der Waals surface area contributed by atoms with Crippen molar-refractivity contribution in [2.24, 2.45) is 0 Å². The molecule has 70 valence electrons. The number of rotatable bonds is 2. The second-order valence-corrected chi connectivity index (χ2v) is 3.38. The molecule has 0 N–H and O–H groups in total. The number of hydrogen-bond donors (Lipinski definition) is 0. The summed E-state index contributed by atoms with van der Waals surface area (Å²) in [5, 5.41) is 0. The van der Waals surface area contributed by atoms with E-state index in [4.69, 9.17) is 0 Å². The zero-order chi connectivity index (χ0) is 9.80. The van der Waals surface area contributed by atoms with Crippen molar-refractivity contribution in [1.29, 1.82) is 0 Å². The maximum atomic E-state index is 2.20. The van der Waals surface area contributed by atoms with Crippen LogP contribution in [-0.4, -0.2) is 0 Å². The normalized spacial score (nSPS) is 10.1. The Kier molecular flexibility index (Phi) is 2.64. The molecular formula is C14H14. The highest BCUT2D eigenvalue weighted by Crippen LogP contribution is 2.23. The highest BCUT2D eigenvalue weighted by molar-refractivity contribution is 5.67. The molecule has 0 aliphatic heterocycles. The van der Waals surface area contributed by atoms with Crippen molar-refractivity contribution in [3.63, 3.8) is 0 Å². The first-order valence-electron chi connectivity index (χ1n) is 5.05. The molecule has 0 aliphatic rings. The molecule has 0 radical (unpaired) electrons. The van der Waals surface area contributed by atoms with Crippen LogP contribution in [0.25, 0.3) is 11.1 Å². The Bertz CT molecular complexity index is 401. The average molecular weight is 182 g/mol. The zero-order valence-electron chi connectivity index (χ0n) is 8.40. The van der Waals surface area contributed by atoms with Crippen molar-refractivity contribution in [2.45, 2.75) is 13.3 Å². The summed E-state index contributed by atoms with van der Waals surface area (Å²) in [7, 11) is 0. The van der Waals surface area contributed by atoms with Gasteiger partial charge in [-0.15, -0.1) is 0 Å². The average Bonchev–Trinajstić information content (AvgIpc) is 2.30. The second-order valence-electron chi connectivity index (χ2n) is 3.38. The largest absolute Gasteiger partial charge is 0.0622 e. The van der Waals surface area contributed by atoms with Crippen LogP contribution in [0.15, 0.2) is 54.6 Å². The molecule has 0 heteroatoms. The molecular weight excluding hydrogens is 168 g/mol. The smallest absolute Gasteiger partial charge is 0.0152 e. The van der Waals surface area contributed by atoms with Crippen molar-refractivity contribution in [1.82, 2.24) is 0 Å². The van der Waals surface area contributed by atoms with E-state index in [9.17, 15) is 0 Å². The summed E-state index contributed by atoms with van der Waals surface area (Å²) in [5.74, 6) is 0. The molecule has 0 atom stereocenters. The van der Waals surface area contributed by atoms with Crippen LogP contribution < -0.4 is 0 Å². The van der Waals surface area contributed by atoms with E-state index in [1.165, 1.54) is 16.7 Å². The third kappa shape index (κ3) is 1.69. The van der Waals surface area contributed by atoms with Gasteiger partial charge in [-0.3, -0.25) is 0 Å². The maximum absolute atomic E-state index is 2.20. The summed E-state index contributed by atoms with van der Waals surface area (Å²) >= 11 is 0. The lowest BCUT2D eigenvalue weighted by Crippen LogP contribution is -1.85. The molecule has 0 unspecified atom stereocenters. The van der Waals surface area contributed by atoms with Crippen molar-refractivity contribution in [2.75, 3.05) is 0 Å². The fraction of sp³-hybridized carbons (Fsp3) is 0.143. The van der Waals surface area contributed by atoms with Gasteiger partial charge >= 0.3 is 0 Å². The summed E-state index contributed by atoms with van der Waals surface area (Å²) < 4.78 is 0. The van der Waals surface area contributed by atoms with Crippen LogP contribution in [0.3, 0.4) is 0 Å². The van der Waals surface area contributed by atoms with Crippen LogP contribution in [0.2, 0.25) is 0 Å². The number of benzene rings is 2. The Hall–Kier alpha value is -1.56. The highest BCUT2D eigenvalue weighted by Gasteiger charge is 2.00. The van der Waals surface area contributed by atoms with Gasteiger partial charge in [-0.1, -0.05) is 61.5 Å². The lowest BCUT2D eigenvalue weighted by Gasteiger charge is -2.06. The van der Waals surface area contributed by atoms with E-state index in [0.29, 0.717) is 0 Å². The first-order valence-corrected chi connectivity index (χ1v) is 5.05. The van der Waals surface area contributed by atoms with E-state index in [1.807, 2.05) is 0 Å². The fourth-order valence-electron chi connectivity index (χ4n) is 1.73. The van der Waals surface area contributed by atoms with Crippen LogP contribution in [0.5, 0.6) is 0 Å². The first kappa shape index (κ1) is 9.01. The van der Waals surface area contributed by atoms with Gasteiger partial charge < -0.3 is 0 Å². The number of hydrogen-bond acceptors (Lipinski definition) is 0. The Labute approximate surface area is 85.2 Å². The predicted octanol–water partition coefficient (Wildman–Crippen LogP) is 3.92. The SMILES string of the molecule is CCc1ccccc1-c1ccccc1. The maximum Gasteiger partial charge on any atom is -0.0152 e. The standard InChI is InChI=1S/C14H14/c1-2-12-8-6-7-11-14(12)13-9-4-3-5-10-13/h3-11H,2H2,1H3. The van der Waals surface area contributed by atoms with Crippen molar-refractivity contribution < 1.29 is 0 Å². The summed E-state index contributed by atoms with van der Waals surface area (Å²) in [6.07, 6.45) is 1.09. The Morgan fingerprint density at radius 2 is 1.43 bits per heavy atom. The molecule has 0 saturated carbocycles. The molecule has 0 aromatic heterocycles. The molecule has 0 aliphatic carbocycles. The van der Waals surface area contributed by atoms with Crippen LogP contribution in [0.4, 0.5) is 0 Å². The topological polar surface area (TPSA) is 0 Å². The van der Waals surface area contributed by atoms with Gasteiger partial charge in [-0.25, -0.2) is 0 Å². The highest BCUT2D eigenvalue weighted by atomic mass is 14.0. The summed E-state index contributed by atoms with van der Waals surface area (Å²) in [6.45, 7) is 2.20. The van der Waals surface area contributed by atoms with E-state index in [-0.39, 0.29) is 0 Å². The molecule has 2 aromatic carbocycles. The van der Waals surface area contributed by atoms with Gasteiger partial charge in [-0.2, -0.15) is 0 Å². The van der Waals surface area contributed by atoms with Crippen molar-refractivity contribution in [3.8, 4) is 11.1 Å². The second kappa shape index (κ2) is 4.10. The minimum absolute atomic E-state index is 1.09. The molecule has 0 spiro atoms. The molecule has 0 fully saturated rings. The Morgan fingerprint density at radius 1 is 0.786 bits per heavy atom. The lowest BCUT2D eigenvalue weighted by molar-refractivity contribution is 1.14. The number of aryl methyl sites for hydroxylation is 1. The van der Waals surface area contributed by atoms with Gasteiger partial charge in [0, 0.05) is 0 Å². The van der Waals surface area contributed by atoms with E-state index in [1.54, 1.807) is 0 Å². The van der Waals surface area contributed by atoms with Crippen LogP contribution >= 0.6 is 0 Å². The summed E-state index contributed by atoms with van der Waals surface area (Å²) in [5.41, 5.74) is 4.08. The molecule has 0 bridgehead atoms. The van der Waals surface area contributed by atoms with Crippen LogP contribution in [-0.2, 0) is 6.42 Å². The molecule has 0 nitrogen and oxygen atoms in total. The molecule has 2 rings (SSSR count). The van der Waals surface area contributed by atoms with Gasteiger partial charge in [0.1, 0.15) is 0 Å². The van der Waals surface area contributed by atoms with Gasteiger partial charge in [0.05, 0.1) is 0 Å². The Balaban J connectivity index is 2.51. The van der Waals surface area contributed by atoms with Gasteiger partial charge in [0.25, 0.3) is 0 Å². The van der Waals surface area contributed by atoms with E-state index < -0.39 is 0 Å². The van der Waals surface area contributed by atoms with Gasteiger partial charge in [0.2, 0.25) is 0 Å². The molecule has 0 saturated heterocycles. The molecule has 0 heterocycles. The third-order valence-corrected chi connectivity index (χ3v) is 2.48. The summed E-state index contributed by atoms with van der Waals surface area (Å²) in [6, 6.07) is 19.1. The van der Waals surface area contributed by atoms with Crippen LogP contribution in [0.1, 0.15) is 12.5 Å². The van der Waals surface area contributed by atoms with E-state index >= 15 is 0 Å². The van der Waals surface area contributed by atoms with E-state index in [2.05, 4.69) is 61.5 Å². The lowest BCUT2D eigenvalue weighted by atomic mass is 9.98. The first-order chi connectivity index (χ1) is 6.92. The predicted molar refractivity (Wildman–Crippen MR) is 61.3 cm³/mol. The van der Waals surface area contributed by atoms with Crippen molar-refractivity contribution >= 4 is 0 Å². The molecule has 14 heavy (non-hydrogen) atoms. The molecule has 0 amide bonds. The van der Waals surface area contributed by atoms with Crippen molar-refractivity contribution in [3.05, 3.63) is 60.2 Å². The minimum atomic E-state index is 1.09. The fourth-order valence-corrected chi connectivity index (χ4v) is 1.73. The van der Waals surface area contributed by atoms with Gasteiger partial charge in [0.15, 0.2) is 0 Å².